The molecule has 0 radical (unpaired) electrons. The van der Waals surface area contributed by atoms with Crippen LogP contribution in [0.2, 0.25) is 5.02 Å². The van der Waals surface area contributed by atoms with E-state index in [-0.39, 0.29) is 24.9 Å². The van der Waals surface area contributed by atoms with Crippen molar-refractivity contribution in [3.63, 3.8) is 0 Å². The van der Waals surface area contributed by atoms with Gasteiger partial charge in [0.2, 0.25) is 21.8 Å². The first-order chi connectivity index (χ1) is 19.6. The van der Waals surface area contributed by atoms with Crippen molar-refractivity contribution < 1.29 is 18.0 Å². The summed E-state index contributed by atoms with van der Waals surface area (Å²) >= 11 is 8.66. The van der Waals surface area contributed by atoms with Gasteiger partial charge in [0.25, 0.3) is 0 Å². The van der Waals surface area contributed by atoms with E-state index in [0.717, 1.165) is 51.8 Å². The van der Waals surface area contributed by atoms with Gasteiger partial charge in [-0.1, -0.05) is 79.4 Å². The predicted molar refractivity (Wildman–Crippen MR) is 172 cm³/mol. The van der Waals surface area contributed by atoms with Gasteiger partial charge >= 0.3 is 0 Å². The number of carbonyl (C=O) groups excluding carboxylic acids is 2. The molecule has 3 aromatic rings. The normalized spacial score (nSPS) is 14.7. The Balaban J connectivity index is 1.72. The van der Waals surface area contributed by atoms with Crippen molar-refractivity contribution in [3.05, 3.63) is 98.6 Å². The lowest BCUT2D eigenvalue weighted by Crippen LogP contribution is -2.55. The monoisotopic (exact) mass is 707 g/mol. The molecule has 1 saturated carbocycles. The van der Waals surface area contributed by atoms with Gasteiger partial charge in [-0.15, -0.1) is 0 Å². The summed E-state index contributed by atoms with van der Waals surface area (Å²) in [5.41, 5.74) is 1.95. The molecule has 10 heteroatoms. The Kier molecular flexibility index (Phi) is 11.1. The second-order valence-electron chi connectivity index (χ2n) is 10.4. The second-order valence-corrected chi connectivity index (χ2v) is 14.0. The van der Waals surface area contributed by atoms with Crippen molar-refractivity contribution >= 4 is 61.7 Å². The molecule has 0 aromatic heterocycles. The van der Waals surface area contributed by atoms with Gasteiger partial charge < -0.3 is 10.2 Å². The van der Waals surface area contributed by atoms with Crippen molar-refractivity contribution in [1.29, 1.82) is 0 Å². The summed E-state index contributed by atoms with van der Waals surface area (Å²) in [7, 11) is -3.81. The van der Waals surface area contributed by atoms with Gasteiger partial charge in [-0.05, 0) is 76.9 Å². The molecule has 0 heterocycles. The van der Waals surface area contributed by atoms with E-state index in [9.17, 15) is 18.0 Å². The third-order valence-electron chi connectivity index (χ3n) is 7.31. The molecule has 0 unspecified atom stereocenters. The van der Waals surface area contributed by atoms with Crippen molar-refractivity contribution in [1.82, 2.24) is 10.2 Å². The molecule has 41 heavy (non-hydrogen) atoms. The Hall–Kier alpha value is -2.63. The van der Waals surface area contributed by atoms with Gasteiger partial charge in [-0.25, -0.2) is 8.42 Å². The highest BCUT2D eigenvalue weighted by atomic mass is 127. The lowest BCUT2D eigenvalue weighted by atomic mass is 9.94. The summed E-state index contributed by atoms with van der Waals surface area (Å²) in [5.74, 6) is -0.741. The Morgan fingerprint density at radius 3 is 2.22 bits per heavy atom. The number of anilines is 1. The number of rotatable bonds is 11. The van der Waals surface area contributed by atoms with Crippen LogP contribution in [0, 0.1) is 3.57 Å². The molecule has 1 atom stereocenters. The average molecular weight is 708 g/mol. The lowest BCUT2D eigenvalue weighted by molar-refractivity contribution is -0.140. The minimum atomic E-state index is -3.81. The van der Waals surface area contributed by atoms with Crippen LogP contribution in [0.1, 0.15) is 43.2 Å². The van der Waals surface area contributed by atoms with Crippen LogP contribution < -0.4 is 9.62 Å². The van der Waals surface area contributed by atoms with Gasteiger partial charge in [0.1, 0.15) is 12.6 Å². The summed E-state index contributed by atoms with van der Waals surface area (Å²) in [6.07, 6.45) is 6.41. The molecule has 0 saturated heterocycles. The highest BCUT2D eigenvalue weighted by Crippen LogP contribution is 2.24. The van der Waals surface area contributed by atoms with Gasteiger partial charge in [0.15, 0.2) is 0 Å². The molecule has 1 aliphatic carbocycles. The fraction of sp³-hybridized carbons (Fsp3) is 0.355. The Labute approximate surface area is 261 Å². The number of carbonyl (C=O) groups is 2. The number of halogens is 2. The van der Waals surface area contributed by atoms with Crippen LogP contribution in [0.15, 0.2) is 78.9 Å². The second kappa shape index (κ2) is 14.5. The molecular weight excluding hydrogens is 673 g/mol. The maximum atomic E-state index is 14.2. The molecule has 1 aliphatic rings. The number of amides is 2. The Morgan fingerprint density at radius 2 is 1.59 bits per heavy atom. The van der Waals surface area contributed by atoms with Crippen LogP contribution in [-0.2, 0) is 32.6 Å². The van der Waals surface area contributed by atoms with Crippen molar-refractivity contribution in [2.45, 2.75) is 57.2 Å². The van der Waals surface area contributed by atoms with Gasteiger partial charge in [0.05, 0.1) is 11.9 Å². The fourth-order valence-electron chi connectivity index (χ4n) is 5.13. The molecule has 0 aliphatic heterocycles. The van der Waals surface area contributed by atoms with E-state index in [2.05, 4.69) is 27.9 Å². The molecule has 2 amide bonds. The van der Waals surface area contributed by atoms with Crippen LogP contribution in [0.5, 0.6) is 0 Å². The number of hydrogen-bond acceptors (Lipinski definition) is 4. The average Bonchev–Trinajstić information content (AvgIpc) is 2.95. The van der Waals surface area contributed by atoms with Gasteiger partial charge in [-0.2, -0.15) is 0 Å². The maximum absolute atomic E-state index is 14.2. The number of sulfonamides is 1. The first-order valence-corrected chi connectivity index (χ1v) is 17.0. The molecular formula is C31H35ClIN3O4S. The first kappa shape index (κ1) is 31.3. The smallest absolute Gasteiger partial charge is 0.244 e. The third kappa shape index (κ3) is 8.93. The van der Waals surface area contributed by atoms with Crippen molar-refractivity contribution in [3.8, 4) is 0 Å². The summed E-state index contributed by atoms with van der Waals surface area (Å²) in [6, 6.07) is 22.8. The van der Waals surface area contributed by atoms with E-state index in [1.165, 1.54) is 4.90 Å². The Morgan fingerprint density at radius 1 is 0.951 bits per heavy atom. The van der Waals surface area contributed by atoms with Crippen LogP contribution in [0.3, 0.4) is 0 Å². The van der Waals surface area contributed by atoms with E-state index in [0.29, 0.717) is 16.3 Å². The van der Waals surface area contributed by atoms with Crippen LogP contribution >= 0.6 is 34.2 Å². The summed E-state index contributed by atoms with van der Waals surface area (Å²) in [6.45, 7) is -0.399. The highest BCUT2D eigenvalue weighted by molar-refractivity contribution is 14.1. The quantitative estimate of drug-likeness (QED) is 0.256. The molecule has 0 spiro atoms. The van der Waals surface area contributed by atoms with Gasteiger partial charge in [0, 0.05) is 27.6 Å². The van der Waals surface area contributed by atoms with Crippen molar-refractivity contribution in [2.75, 3.05) is 17.1 Å². The third-order valence-corrected chi connectivity index (χ3v) is 9.54. The largest absolute Gasteiger partial charge is 0.352 e. The zero-order chi connectivity index (χ0) is 29.4. The molecule has 7 nitrogen and oxygen atoms in total. The standard InChI is InChI=1S/C31H35ClIN3O4S/c1-41(39,40)36(27-18-16-25(33)17-19-27)22-30(37)35(21-24-12-8-9-15-28(24)32)29(20-23-10-4-2-5-11-23)31(38)34-26-13-6-3-7-14-26/h2,4-5,8-12,15-19,26,29H,3,6-7,13-14,20-22H2,1H3,(H,34,38)/t29-/m0/s1. The van der Waals surface area contributed by atoms with Crippen LogP contribution in [-0.4, -0.2) is 50.0 Å². The van der Waals surface area contributed by atoms with Crippen LogP contribution in [0.25, 0.3) is 0 Å². The van der Waals surface area contributed by atoms with E-state index in [4.69, 9.17) is 11.6 Å². The number of benzene rings is 3. The topological polar surface area (TPSA) is 86.8 Å². The minimum absolute atomic E-state index is 0.0473. The maximum Gasteiger partial charge on any atom is 0.244 e. The first-order valence-electron chi connectivity index (χ1n) is 13.7. The zero-order valence-corrected chi connectivity index (χ0v) is 26.7. The molecule has 3 aromatic carbocycles. The number of hydrogen-bond donors (Lipinski definition) is 1. The zero-order valence-electron chi connectivity index (χ0n) is 23.0. The molecule has 0 bridgehead atoms. The Bertz CT molecular complexity index is 1430. The summed E-state index contributed by atoms with van der Waals surface area (Å²) in [4.78, 5) is 29.6. The predicted octanol–water partition coefficient (Wildman–Crippen LogP) is 5.80. The molecule has 4 rings (SSSR count). The molecule has 1 N–H and O–H groups in total. The van der Waals surface area contributed by atoms with E-state index in [1.807, 2.05) is 42.5 Å². The van der Waals surface area contributed by atoms with Gasteiger partial charge in [-0.3, -0.25) is 13.9 Å². The number of nitrogens with zero attached hydrogens (tertiary/aromatic N) is 2. The van der Waals surface area contributed by atoms with E-state index < -0.39 is 28.5 Å². The summed E-state index contributed by atoms with van der Waals surface area (Å²) < 4.78 is 27.8. The SMILES string of the molecule is CS(=O)(=O)N(CC(=O)N(Cc1ccccc1Cl)[C@@H](Cc1ccccc1)C(=O)NC1CCCCC1)c1ccc(I)cc1. The molecule has 218 valence electrons. The van der Waals surface area contributed by atoms with E-state index >= 15 is 0 Å². The summed E-state index contributed by atoms with van der Waals surface area (Å²) in [5, 5.41) is 3.66. The molecule has 1 fully saturated rings. The minimum Gasteiger partial charge on any atom is -0.352 e. The fourth-order valence-corrected chi connectivity index (χ4v) is 6.53. The number of nitrogens with one attached hydrogen (secondary N) is 1. The van der Waals surface area contributed by atoms with Crippen LogP contribution in [0.4, 0.5) is 5.69 Å². The van der Waals surface area contributed by atoms with E-state index in [1.54, 1.807) is 36.4 Å². The highest BCUT2D eigenvalue weighted by Gasteiger charge is 2.34. The van der Waals surface area contributed by atoms with Crippen molar-refractivity contribution in [2.24, 2.45) is 0 Å². The lowest BCUT2D eigenvalue weighted by Gasteiger charge is -2.35.